The average molecular weight is 696 g/mol. The lowest BCUT2D eigenvalue weighted by Crippen LogP contribution is -2.51. The minimum absolute atomic E-state index is 0.0185. The normalized spacial score (nSPS) is 13.4. The SMILES string of the molecule is CC.COc1cc(C(=O)NCC(O)(c2cc(C(C)(C)N)cc(-c3ccc(F)c(C)c3)n2)C(F)(F)F)ccc1OC[C@@H](C)OC(=O)OC(C)C. The second kappa shape index (κ2) is 16.8. The number of amides is 1. The minimum Gasteiger partial charge on any atom is -0.493 e. The van der Waals surface area contributed by atoms with Crippen LogP contribution in [0.25, 0.3) is 11.3 Å². The van der Waals surface area contributed by atoms with Crippen molar-refractivity contribution >= 4 is 12.1 Å². The standard InChI is InChI=1S/C33H39F4N3O7.C2H6/c1-18(2)46-30(42)47-20(4)16-45-26-11-9-22(13-27(26)44-7)29(41)39-17-32(43,33(35,36)37)28-15-23(31(5,6)38)14-25(40-28)21-8-10-24(34)19(3)12-21;1-2/h8-15,18,20,43H,16-17,38H2,1-7H3,(H,39,41);1-2H3/t20-,32?;/m1./s1. The van der Waals surface area contributed by atoms with E-state index >= 15 is 0 Å². The number of nitrogens with one attached hydrogen (secondary N) is 1. The van der Waals surface area contributed by atoms with Crippen LogP contribution in [0.2, 0.25) is 0 Å². The highest BCUT2D eigenvalue weighted by Crippen LogP contribution is 2.40. The van der Waals surface area contributed by atoms with Crippen molar-refractivity contribution in [3.8, 4) is 22.8 Å². The Morgan fingerprint density at radius 2 is 1.63 bits per heavy atom. The van der Waals surface area contributed by atoms with Crippen molar-refractivity contribution in [2.75, 3.05) is 20.3 Å². The summed E-state index contributed by atoms with van der Waals surface area (Å²) in [6.07, 6.45) is -7.25. The highest BCUT2D eigenvalue weighted by molar-refractivity contribution is 5.95. The fraction of sp³-hybridized carbons (Fsp3) is 0.457. The number of alkyl halides is 3. The Bertz CT molecular complexity index is 1590. The molecule has 1 amide bonds. The summed E-state index contributed by atoms with van der Waals surface area (Å²) in [5.41, 5.74) is 1.28. The average Bonchev–Trinajstić information content (AvgIpc) is 3.02. The second-order valence-corrected chi connectivity index (χ2v) is 11.9. The molecule has 0 radical (unpaired) electrons. The smallest absolute Gasteiger partial charge is 0.493 e. The van der Waals surface area contributed by atoms with Crippen molar-refractivity contribution in [3.05, 3.63) is 76.7 Å². The van der Waals surface area contributed by atoms with Crippen molar-refractivity contribution in [2.24, 2.45) is 5.73 Å². The molecule has 0 saturated heterocycles. The molecule has 0 aliphatic heterocycles. The molecule has 10 nitrogen and oxygen atoms in total. The maximum atomic E-state index is 14.6. The highest BCUT2D eigenvalue weighted by atomic mass is 19.4. The van der Waals surface area contributed by atoms with Crippen LogP contribution in [0.3, 0.4) is 0 Å². The number of rotatable bonds is 12. The Morgan fingerprint density at radius 1 is 0.980 bits per heavy atom. The van der Waals surface area contributed by atoms with Crippen molar-refractivity contribution in [2.45, 2.75) is 84.9 Å². The summed E-state index contributed by atoms with van der Waals surface area (Å²) in [6.45, 7) is 12.1. The van der Waals surface area contributed by atoms with E-state index in [-0.39, 0.29) is 46.6 Å². The summed E-state index contributed by atoms with van der Waals surface area (Å²) in [5, 5.41) is 13.3. The number of hydrogen-bond acceptors (Lipinski definition) is 9. The van der Waals surface area contributed by atoms with Crippen LogP contribution in [0.15, 0.2) is 48.5 Å². The van der Waals surface area contributed by atoms with Crippen LogP contribution in [0, 0.1) is 12.7 Å². The van der Waals surface area contributed by atoms with Crippen molar-refractivity contribution < 1.29 is 51.2 Å². The number of nitrogens with zero attached hydrogens (tertiary/aromatic N) is 1. The third-order valence-corrected chi connectivity index (χ3v) is 6.95. The monoisotopic (exact) mass is 695 g/mol. The largest absolute Gasteiger partial charge is 0.508 e. The fourth-order valence-electron chi connectivity index (χ4n) is 4.27. The van der Waals surface area contributed by atoms with Crippen LogP contribution in [0.4, 0.5) is 22.4 Å². The first kappa shape index (κ1) is 40.7. The van der Waals surface area contributed by atoms with Crippen molar-refractivity contribution in [1.82, 2.24) is 10.3 Å². The molecule has 0 saturated carbocycles. The van der Waals surface area contributed by atoms with E-state index in [1.807, 2.05) is 13.8 Å². The molecular weight excluding hydrogens is 650 g/mol. The molecule has 0 aliphatic rings. The first-order valence-electron chi connectivity index (χ1n) is 15.6. The quantitative estimate of drug-likeness (QED) is 0.136. The zero-order valence-corrected chi connectivity index (χ0v) is 29.1. The summed E-state index contributed by atoms with van der Waals surface area (Å²) in [6, 6.07) is 10.3. The van der Waals surface area contributed by atoms with Crippen molar-refractivity contribution in [1.29, 1.82) is 0 Å². The maximum Gasteiger partial charge on any atom is 0.508 e. The topological polar surface area (TPSA) is 142 Å². The predicted octanol–water partition coefficient (Wildman–Crippen LogP) is 6.93. The van der Waals surface area contributed by atoms with Crippen LogP contribution < -0.4 is 20.5 Å². The number of aromatic nitrogens is 1. The van der Waals surface area contributed by atoms with Gasteiger partial charge in [0.05, 0.1) is 31.1 Å². The van der Waals surface area contributed by atoms with E-state index in [4.69, 9.17) is 24.7 Å². The Morgan fingerprint density at radius 3 is 2.18 bits per heavy atom. The summed E-state index contributed by atoms with van der Waals surface area (Å²) in [5.74, 6) is -1.24. The minimum atomic E-state index is -5.30. The van der Waals surface area contributed by atoms with Crippen LogP contribution >= 0.6 is 0 Å². The first-order valence-corrected chi connectivity index (χ1v) is 15.6. The van der Waals surface area contributed by atoms with Crippen LogP contribution in [0.5, 0.6) is 11.5 Å². The maximum absolute atomic E-state index is 14.6. The number of ether oxygens (including phenoxy) is 4. The molecule has 0 spiro atoms. The summed E-state index contributed by atoms with van der Waals surface area (Å²) < 4.78 is 78.6. The summed E-state index contributed by atoms with van der Waals surface area (Å²) in [7, 11) is 1.30. The molecule has 0 aliphatic carbocycles. The van der Waals surface area contributed by atoms with Gasteiger partial charge >= 0.3 is 12.3 Å². The number of pyridine rings is 1. The van der Waals surface area contributed by atoms with E-state index in [1.165, 1.54) is 50.4 Å². The van der Waals surface area contributed by atoms with E-state index < -0.39 is 53.5 Å². The van der Waals surface area contributed by atoms with Gasteiger partial charge in [-0.25, -0.2) is 14.2 Å². The number of aliphatic hydroxyl groups is 1. The van der Waals surface area contributed by atoms with Crippen LogP contribution in [-0.4, -0.2) is 60.8 Å². The van der Waals surface area contributed by atoms with Crippen LogP contribution in [-0.2, 0) is 20.6 Å². The number of aryl methyl sites for hydroxylation is 1. The van der Waals surface area contributed by atoms with Gasteiger partial charge < -0.3 is 35.1 Å². The summed E-state index contributed by atoms with van der Waals surface area (Å²) in [4.78, 5) is 28.9. The number of halogens is 4. The molecule has 1 aromatic heterocycles. The Hall–Kier alpha value is -4.43. The highest BCUT2D eigenvalue weighted by Gasteiger charge is 2.56. The lowest BCUT2D eigenvalue weighted by atomic mass is 9.89. The lowest BCUT2D eigenvalue weighted by molar-refractivity contribution is -0.265. The van der Waals surface area contributed by atoms with Gasteiger partial charge in [0.2, 0.25) is 5.60 Å². The zero-order chi connectivity index (χ0) is 37.3. The van der Waals surface area contributed by atoms with Crippen molar-refractivity contribution in [3.63, 3.8) is 0 Å². The molecule has 2 atom stereocenters. The van der Waals surface area contributed by atoms with Gasteiger partial charge in [0.15, 0.2) is 11.5 Å². The molecule has 270 valence electrons. The van der Waals surface area contributed by atoms with E-state index in [1.54, 1.807) is 34.6 Å². The number of carbonyl (C=O) groups excluding carboxylic acids is 2. The summed E-state index contributed by atoms with van der Waals surface area (Å²) >= 11 is 0. The predicted molar refractivity (Wildman–Crippen MR) is 176 cm³/mol. The lowest BCUT2D eigenvalue weighted by Gasteiger charge is -2.32. The third kappa shape index (κ3) is 10.8. The molecule has 2 aromatic carbocycles. The van der Waals surface area contributed by atoms with Gasteiger partial charge in [0, 0.05) is 16.7 Å². The van der Waals surface area contributed by atoms with Gasteiger partial charge in [-0.2, -0.15) is 13.2 Å². The molecule has 3 rings (SSSR count). The number of hydrogen-bond donors (Lipinski definition) is 3. The molecule has 0 bridgehead atoms. The molecular formula is C35H45F4N3O7. The molecule has 0 fully saturated rings. The van der Waals surface area contributed by atoms with E-state index in [9.17, 15) is 32.3 Å². The first-order chi connectivity index (χ1) is 22.7. The second-order valence-electron chi connectivity index (χ2n) is 11.9. The van der Waals surface area contributed by atoms with Gasteiger partial charge in [-0.05, 0) is 101 Å². The van der Waals surface area contributed by atoms with E-state index in [0.717, 1.165) is 12.1 Å². The van der Waals surface area contributed by atoms with Gasteiger partial charge in [-0.15, -0.1) is 0 Å². The van der Waals surface area contributed by atoms with Gasteiger partial charge in [-0.1, -0.05) is 13.8 Å². The molecule has 3 aromatic rings. The Balaban J connectivity index is 0.00000409. The number of methoxy groups -OCH3 is 1. The number of benzene rings is 2. The molecule has 4 N–H and O–H groups in total. The fourth-order valence-corrected chi connectivity index (χ4v) is 4.27. The molecule has 14 heteroatoms. The third-order valence-electron chi connectivity index (χ3n) is 6.95. The molecule has 49 heavy (non-hydrogen) atoms. The van der Waals surface area contributed by atoms with Gasteiger partial charge in [0.1, 0.15) is 18.5 Å². The zero-order valence-electron chi connectivity index (χ0n) is 29.1. The van der Waals surface area contributed by atoms with Gasteiger partial charge in [0.25, 0.3) is 5.91 Å². The van der Waals surface area contributed by atoms with E-state index in [0.29, 0.717) is 5.56 Å². The molecule has 1 unspecified atom stereocenters. The number of nitrogens with two attached hydrogens (primary N) is 1. The van der Waals surface area contributed by atoms with Gasteiger partial charge in [-0.3, -0.25) is 4.79 Å². The number of carbonyl (C=O) groups is 2. The van der Waals surface area contributed by atoms with Crippen LogP contribution in [0.1, 0.15) is 75.6 Å². The Labute approximate surface area is 283 Å². The Kier molecular flexibility index (Phi) is 14.0. The van der Waals surface area contributed by atoms with E-state index in [2.05, 4.69) is 10.3 Å². The molecule has 1 heterocycles.